The van der Waals surface area contributed by atoms with Crippen molar-refractivity contribution in [2.24, 2.45) is 0 Å². The Hall–Kier alpha value is -0.0400. The second kappa shape index (κ2) is 23.1. The lowest BCUT2D eigenvalue weighted by Crippen LogP contribution is -1.81. The van der Waals surface area contributed by atoms with E-state index in [9.17, 15) is 0 Å². The highest BCUT2D eigenvalue weighted by atomic mass is 16.2. The van der Waals surface area contributed by atoms with Gasteiger partial charge in [0.05, 0.1) is 0 Å². The molecule has 0 aliphatic carbocycles. The fourth-order valence-electron chi connectivity index (χ4n) is 2.07. The normalized spacial score (nSPS) is 10.1. The van der Waals surface area contributed by atoms with Gasteiger partial charge in [-0.3, -0.25) is 0 Å². The zero-order chi connectivity index (χ0) is 14.6. The van der Waals surface area contributed by atoms with Crippen molar-refractivity contribution in [3.05, 3.63) is 0 Å². The van der Waals surface area contributed by atoms with E-state index in [1.54, 1.807) is 0 Å². The van der Waals surface area contributed by atoms with E-state index in [1.807, 2.05) is 0 Å². The zero-order valence-electron chi connectivity index (χ0n) is 14.1. The first-order chi connectivity index (χ1) is 9.33. The molecular weight excluding hydrogens is 232 g/mol. The number of hydrogen-bond donors (Lipinski definition) is 1. The first-order valence-electron chi connectivity index (χ1n) is 8.94. The molecule has 0 atom stereocenters. The van der Waals surface area contributed by atoms with E-state index < -0.39 is 0 Å². The van der Waals surface area contributed by atoms with Gasteiger partial charge < -0.3 is 5.11 Å². The molecule has 0 aliphatic rings. The van der Waals surface area contributed by atoms with Crippen molar-refractivity contribution >= 4 is 0 Å². The summed E-state index contributed by atoms with van der Waals surface area (Å²) in [6.45, 7) is 6.97. The van der Waals surface area contributed by atoms with Crippen molar-refractivity contribution in [2.75, 3.05) is 6.61 Å². The lowest BCUT2D eigenvalue weighted by molar-refractivity contribution is 0.287. The summed E-state index contributed by atoms with van der Waals surface area (Å²) >= 11 is 0. The SMILES string of the molecule is CCCCCCCCCCCCCC.CCCCO. The summed E-state index contributed by atoms with van der Waals surface area (Å²) in [5.74, 6) is 0. The van der Waals surface area contributed by atoms with Crippen LogP contribution >= 0.6 is 0 Å². The molecule has 0 bridgehead atoms. The lowest BCUT2D eigenvalue weighted by Gasteiger charge is -2.01. The first-order valence-corrected chi connectivity index (χ1v) is 8.94. The fourth-order valence-corrected chi connectivity index (χ4v) is 2.07. The summed E-state index contributed by atoms with van der Waals surface area (Å²) in [7, 11) is 0. The zero-order valence-corrected chi connectivity index (χ0v) is 14.1. The van der Waals surface area contributed by atoms with E-state index in [-0.39, 0.29) is 0 Å². The van der Waals surface area contributed by atoms with Crippen LogP contribution in [0.5, 0.6) is 0 Å². The Balaban J connectivity index is 0. The number of hydrogen-bond acceptors (Lipinski definition) is 1. The minimum atomic E-state index is 0.344. The predicted octanol–water partition coefficient (Wildman–Crippen LogP) is 6.49. The summed E-state index contributed by atoms with van der Waals surface area (Å²) < 4.78 is 0. The Bertz CT molecular complexity index is 109. The molecule has 0 aromatic heterocycles. The van der Waals surface area contributed by atoms with Crippen LogP contribution in [-0.4, -0.2) is 11.7 Å². The fraction of sp³-hybridized carbons (Fsp3) is 1.00. The number of aliphatic hydroxyl groups excluding tert-OH is 1. The third-order valence-corrected chi connectivity index (χ3v) is 3.47. The summed E-state index contributed by atoms with van der Waals surface area (Å²) in [4.78, 5) is 0. The standard InChI is InChI=1S/C14H30.C4H10O/c1-3-5-7-9-11-13-14-12-10-8-6-4-2;1-2-3-4-5/h3-14H2,1-2H3;5H,2-4H2,1H3. The molecule has 0 unspecified atom stereocenters. The van der Waals surface area contributed by atoms with Crippen LogP contribution in [0.3, 0.4) is 0 Å². The topological polar surface area (TPSA) is 20.2 Å². The van der Waals surface area contributed by atoms with Crippen molar-refractivity contribution in [1.82, 2.24) is 0 Å². The molecule has 118 valence electrons. The van der Waals surface area contributed by atoms with Crippen LogP contribution in [0.4, 0.5) is 0 Å². The van der Waals surface area contributed by atoms with Gasteiger partial charge in [0.1, 0.15) is 0 Å². The van der Waals surface area contributed by atoms with Crippen LogP contribution in [0.1, 0.15) is 111 Å². The molecule has 1 N–H and O–H groups in total. The molecule has 0 saturated carbocycles. The first kappa shape index (κ1) is 21.3. The minimum Gasteiger partial charge on any atom is -0.396 e. The molecular formula is C18H40O. The molecule has 1 nitrogen and oxygen atoms in total. The molecule has 0 aromatic rings. The molecule has 0 heterocycles. The van der Waals surface area contributed by atoms with Crippen molar-refractivity contribution < 1.29 is 5.11 Å². The van der Waals surface area contributed by atoms with Crippen LogP contribution < -0.4 is 0 Å². The van der Waals surface area contributed by atoms with E-state index in [1.165, 1.54) is 77.0 Å². The largest absolute Gasteiger partial charge is 0.396 e. The smallest absolute Gasteiger partial charge is 0.0430 e. The van der Waals surface area contributed by atoms with Crippen LogP contribution in [0.25, 0.3) is 0 Å². The van der Waals surface area contributed by atoms with Gasteiger partial charge in [0.25, 0.3) is 0 Å². The molecule has 19 heavy (non-hydrogen) atoms. The molecule has 0 rings (SSSR count). The van der Waals surface area contributed by atoms with E-state index in [2.05, 4.69) is 20.8 Å². The van der Waals surface area contributed by atoms with E-state index >= 15 is 0 Å². The second-order valence-corrected chi connectivity index (χ2v) is 5.61. The maximum Gasteiger partial charge on any atom is 0.0430 e. The Morgan fingerprint density at radius 2 is 0.684 bits per heavy atom. The highest BCUT2D eigenvalue weighted by Crippen LogP contribution is 2.11. The van der Waals surface area contributed by atoms with Crippen LogP contribution in [0, 0.1) is 0 Å². The quantitative estimate of drug-likeness (QED) is 0.380. The molecule has 0 radical (unpaired) electrons. The van der Waals surface area contributed by atoms with Crippen molar-refractivity contribution in [1.29, 1.82) is 0 Å². The maximum absolute atomic E-state index is 8.07. The molecule has 0 spiro atoms. The number of aliphatic hydroxyl groups is 1. The maximum atomic E-state index is 8.07. The van der Waals surface area contributed by atoms with Crippen molar-refractivity contribution in [3.8, 4) is 0 Å². The van der Waals surface area contributed by atoms with E-state index in [0.29, 0.717) is 6.61 Å². The van der Waals surface area contributed by atoms with Crippen LogP contribution in [0.2, 0.25) is 0 Å². The molecule has 0 fully saturated rings. The lowest BCUT2D eigenvalue weighted by atomic mass is 10.1. The summed E-state index contributed by atoms with van der Waals surface area (Å²) in [5.41, 5.74) is 0. The van der Waals surface area contributed by atoms with E-state index in [4.69, 9.17) is 5.11 Å². The van der Waals surface area contributed by atoms with Gasteiger partial charge in [0.2, 0.25) is 0 Å². The van der Waals surface area contributed by atoms with E-state index in [0.717, 1.165) is 12.8 Å². The van der Waals surface area contributed by atoms with Crippen molar-refractivity contribution in [3.63, 3.8) is 0 Å². The van der Waals surface area contributed by atoms with Crippen molar-refractivity contribution in [2.45, 2.75) is 111 Å². The van der Waals surface area contributed by atoms with Gasteiger partial charge in [-0.15, -0.1) is 0 Å². The van der Waals surface area contributed by atoms with Gasteiger partial charge >= 0.3 is 0 Å². The third-order valence-electron chi connectivity index (χ3n) is 3.47. The Morgan fingerprint density at radius 1 is 0.421 bits per heavy atom. The highest BCUT2D eigenvalue weighted by Gasteiger charge is 1.91. The molecule has 0 aromatic carbocycles. The number of rotatable bonds is 13. The van der Waals surface area contributed by atoms with Gasteiger partial charge in [-0.25, -0.2) is 0 Å². The van der Waals surface area contributed by atoms with Gasteiger partial charge in [-0.05, 0) is 6.42 Å². The van der Waals surface area contributed by atoms with Gasteiger partial charge in [0.15, 0.2) is 0 Å². The highest BCUT2D eigenvalue weighted by molar-refractivity contribution is 4.47. The van der Waals surface area contributed by atoms with Gasteiger partial charge in [-0.2, -0.15) is 0 Å². The predicted molar refractivity (Wildman–Crippen MR) is 88.7 cm³/mol. The molecule has 0 saturated heterocycles. The second-order valence-electron chi connectivity index (χ2n) is 5.61. The average molecular weight is 273 g/mol. The van der Waals surface area contributed by atoms with Crippen LogP contribution in [0.15, 0.2) is 0 Å². The third kappa shape index (κ3) is 27.2. The Kier molecular flexibility index (Phi) is 25.8. The number of unbranched alkanes of at least 4 members (excludes halogenated alkanes) is 12. The van der Waals surface area contributed by atoms with Gasteiger partial charge in [-0.1, -0.05) is 104 Å². The average Bonchev–Trinajstić information content (AvgIpc) is 2.43. The van der Waals surface area contributed by atoms with Gasteiger partial charge in [0, 0.05) is 6.61 Å². The minimum absolute atomic E-state index is 0.344. The molecule has 0 amide bonds. The molecule has 0 aliphatic heterocycles. The Morgan fingerprint density at radius 3 is 0.842 bits per heavy atom. The monoisotopic (exact) mass is 272 g/mol. The summed E-state index contributed by atoms with van der Waals surface area (Å²) in [5, 5.41) is 8.07. The summed E-state index contributed by atoms with van der Waals surface area (Å²) in [6.07, 6.45) is 19.5. The van der Waals surface area contributed by atoms with Crippen LogP contribution in [-0.2, 0) is 0 Å². The summed E-state index contributed by atoms with van der Waals surface area (Å²) in [6, 6.07) is 0. The Labute approximate surface area is 123 Å². The molecule has 1 heteroatoms.